The minimum atomic E-state index is -0.239. The van der Waals surface area contributed by atoms with Gasteiger partial charge in [-0.25, -0.2) is 9.97 Å². The summed E-state index contributed by atoms with van der Waals surface area (Å²) in [5.41, 5.74) is 3.50. The number of amides is 1. The first-order chi connectivity index (χ1) is 15.7. The largest absolute Gasteiger partial charge is 0.497 e. The van der Waals surface area contributed by atoms with Gasteiger partial charge in [0.2, 0.25) is 0 Å². The number of rotatable bonds is 5. The highest BCUT2D eigenvalue weighted by Gasteiger charge is 2.18. The molecule has 3 aromatic carbocycles. The lowest BCUT2D eigenvalue weighted by Gasteiger charge is -2.13. The summed E-state index contributed by atoms with van der Waals surface area (Å²) in [4.78, 5) is 22.6. The predicted octanol–water partition coefficient (Wildman–Crippen LogP) is 5.78. The molecule has 0 saturated heterocycles. The van der Waals surface area contributed by atoms with Crippen molar-refractivity contribution in [2.45, 2.75) is 0 Å². The van der Waals surface area contributed by atoms with E-state index in [2.05, 4.69) is 10.3 Å². The molecule has 0 atom stereocenters. The second-order valence-electron chi connectivity index (χ2n) is 7.08. The molecule has 7 heteroatoms. The Balaban J connectivity index is 1.60. The number of thiazole rings is 1. The fourth-order valence-corrected chi connectivity index (χ4v) is 4.46. The highest BCUT2D eigenvalue weighted by atomic mass is 32.1. The molecule has 0 aliphatic rings. The number of pyridine rings is 1. The number of nitrogens with zero attached hydrogens (tertiary/aromatic N) is 2. The smallest absolute Gasteiger partial charge is 0.258 e. The lowest BCUT2D eigenvalue weighted by molar-refractivity contribution is 0.102. The van der Waals surface area contributed by atoms with Crippen molar-refractivity contribution >= 4 is 43.5 Å². The molecule has 32 heavy (non-hydrogen) atoms. The van der Waals surface area contributed by atoms with Crippen molar-refractivity contribution in [2.75, 3.05) is 19.5 Å². The van der Waals surface area contributed by atoms with Crippen LogP contribution in [0.15, 0.2) is 72.8 Å². The van der Waals surface area contributed by atoms with Crippen LogP contribution in [0.5, 0.6) is 11.5 Å². The van der Waals surface area contributed by atoms with Crippen molar-refractivity contribution in [1.29, 1.82) is 0 Å². The number of carbonyl (C=O) groups is 1. The third kappa shape index (κ3) is 3.63. The van der Waals surface area contributed by atoms with E-state index in [1.54, 1.807) is 26.4 Å². The molecule has 0 saturated carbocycles. The number of hydrogen-bond acceptors (Lipinski definition) is 6. The van der Waals surface area contributed by atoms with Crippen LogP contribution in [0.25, 0.3) is 32.4 Å². The van der Waals surface area contributed by atoms with Crippen molar-refractivity contribution in [3.8, 4) is 22.8 Å². The second kappa shape index (κ2) is 8.28. The van der Waals surface area contributed by atoms with Crippen molar-refractivity contribution in [3.63, 3.8) is 0 Å². The Morgan fingerprint density at radius 2 is 1.66 bits per heavy atom. The van der Waals surface area contributed by atoms with Crippen molar-refractivity contribution < 1.29 is 14.3 Å². The van der Waals surface area contributed by atoms with Gasteiger partial charge in [0, 0.05) is 17.0 Å². The van der Waals surface area contributed by atoms with Gasteiger partial charge in [-0.05, 0) is 36.4 Å². The molecule has 2 heterocycles. The standard InChI is InChI=1S/C25H19N3O3S/c1-30-15-11-12-17(22(13-15)31-2)21-14-18(16-7-3-4-8-19(16)26-21)24(29)28-25-27-20-9-5-6-10-23(20)32-25/h3-14H,1-2H3,(H,27,28,29). The second-order valence-corrected chi connectivity index (χ2v) is 8.11. The fourth-order valence-electron chi connectivity index (χ4n) is 3.60. The van der Waals surface area contributed by atoms with Crippen molar-refractivity contribution in [2.24, 2.45) is 0 Å². The molecule has 1 amide bonds. The Labute approximate surface area is 188 Å². The van der Waals surface area contributed by atoms with E-state index >= 15 is 0 Å². The summed E-state index contributed by atoms with van der Waals surface area (Å²) in [6, 6.07) is 22.7. The molecular weight excluding hydrogens is 422 g/mol. The van der Waals surface area contributed by atoms with Crippen LogP contribution in [0, 0.1) is 0 Å². The fraction of sp³-hybridized carbons (Fsp3) is 0.0800. The maximum atomic E-state index is 13.3. The molecule has 0 bridgehead atoms. The van der Waals surface area contributed by atoms with Crippen LogP contribution in [-0.4, -0.2) is 30.1 Å². The lowest BCUT2D eigenvalue weighted by Crippen LogP contribution is -2.13. The third-order valence-electron chi connectivity index (χ3n) is 5.16. The Morgan fingerprint density at radius 3 is 2.44 bits per heavy atom. The maximum absolute atomic E-state index is 13.3. The number of para-hydroxylation sites is 2. The minimum Gasteiger partial charge on any atom is -0.497 e. The van der Waals surface area contributed by atoms with Crippen LogP contribution in [0.3, 0.4) is 0 Å². The Hall–Kier alpha value is -3.97. The zero-order valence-corrected chi connectivity index (χ0v) is 18.3. The zero-order chi connectivity index (χ0) is 22.1. The van der Waals surface area contributed by atoms with Gasteiger partial charge in [0.25, 0.3) is 5.91 Å². The minimum absolute atomic E-state index is 0.239. The van der Waals surface area contributed by atoms with Gasteiger partial charge < -0.3 is 9.47 Å². The first-order valence-electron chi connectivity index (χ1n) is 9.95. The number of benzene rings is 3. The highest BCUT2D eigenvalue weighted by molar-refractivity contribution is 7.22. The van der Waals surface area contributed by atoms with Gasteiger partial charge in [-0.2, -0.15) is 0 Å². The number of ether oxygens (including phenoxy) is 2. The molecule has 5 aromatic rings. The van der Waals surface area contributed by atoms with E-state index in [-0.39, 0.29) is 5.91 Å². The quantitative estimate of drug-likeness (QED) is 0.374. The topological polar surface area (TPSA) is 73.3 Å². The number of fused-ring (bicyclic) bond motifs is 2. The molecule has 2 aromatic heterocycles. The van der Waals surface area contributed by atoms with Gasteiger partial charge in [0.1, 0.15) is 11.5 Å². The first kappa shape index (κ1) is 20.0. The Bertz CT molecular complexity index is 1430. The van der Waals surface area contributed by atoms with Gasteiger partial charge in [0.15, 0.2) is 5.13 Å². The number of carbonyl (C=O) groups excluding carboxylic acids is 1. The third-order valence-corrected chi connectivity index (χ3v) is 6.11. The van der Waals surface area contributed by atoms with E-state index in [0.717, 1.165) is 26.7 Å². The van der Waals surface area contributed by atoms with Crippen molar-refractivity contribution in [3.05, 3.63) is 78.4 Å². The van der Waals surface area contributed by atoms with Crippen LogP contribution in [-0.2, 0) is 0 Å². The van der Waals surface area contributed by atoms with E-state index in [4.69, 9.17) is 14.5 Å². The van der Waals surface area contributed by atoms with E-state index in [1.807, 2.05) is 60.7 Å². The summed E-state index contributed by atoms with van der Waals surface area (Å²) < 4.78 is 11.9. The van der Waals surface area contributed by atoms with Crippen LogP contribution in [0.2, 0.25) is 0 Å². The molecular formula is C25H19N3O3S. The summed E-state index contributed by atoms with van der Waals surface area (Å²) >= 11 is 1.44. The summed E-state index contributed by atoms with van der Waals surface area (Å²) in [5.74, 6) is 1.06. The highest BCUT2D eigenvalue weighted by Crippen LogP contribution is 2.34. The summed E-state index contributed by atoms with van der Waals surface area (Å²) in [6.07, 6.45) is 0. The lowest BCUT2D eigenvalue weighted by atomic mass is 10.0. The number of anilines is 1. The zero-order valence-electron chi connectivity index (χ0n) is 17.5. The number of aromatic nitrogens is 2. The first-order valence-corrected chi connectivity index (χ1v) is 10.8. The normalized spacial score (nSPS) is 10.9. The molecule has 0 spiro atoms. The van der Waals surface area contributed by atoms with Gasteiger partial charge in [-0.3, -0.25) is 10.1 Å². The SMILES string of the molecule is COc1ccc(-c2cc(C(=O)Nc3nc4ccccc4s3)c3ccccc3n2)c(OC)c1. The predicted molar refractivity (Wildman–Crippen MR) is 128 cm³/mol. The number of methoxy groups -OCH3 is 2. The number of hydrogen-bond donors (Lipinski definition) is 1. The van der Waals surface area contributed by atoms with Crippen LogP contribution in [0.1, 0.15) is 10.4 Å². The molecule has 0 radical (unpaired) electrons. The summed E-state index contributed by atoms with van der Waals surface area (Å²) in [7, 11) is 3.20. The molecule has 0 aliphatic heterocycles. The monoisotopic (exact) mass is 441 g/mol. The van der Waals surface area contributed by atoms with Gasteiger partial charge >= 0.3 is 0 Å². The van der Waals surface area contributed by atoms with Gasteiger partial charge in [-0.1, -0.05) is 41.7 Å². The van der Waals surface area contributed by atoms with Crippen LogP contribution < -0.4 is 14.8 Å². The molecule has 0 unspecified atom stereocenters. The maximum Gasteiger partial charge on any atom is 0.258 e. The molecule has 6 nitrogen and oxygen atoms in total. The van der Waals surface area contributed by atoms with E-state index in [9.17, 15) is 4.79 Å². The summed E-state index contributed by atoms with van der Waals surface area (Å²) in [5, 5.41) is 4.28. The summed E-state index contributed by atoms with van der Waals surface area (Å²) in [6.45, 7) is 0. The Morgan fingerprint density at radius 1 is 0.875 bits per heavy atom. The van der Waals surface area contributed by atoms with Crippen LogP contribution >= 0.6 is 11.3 Å². The molecule has 1 N–H and O–H groups in total. The average Bonchev–Trinajstić information content (AvgIpc) is 3.25. The van der Waals surface area contributed by atoms with E-state index in [0.29, 0.717) is 27.9 Å². The Kier molecular flexibility index (Phi) is 5.17. The van der Waals surface area contributed by atoms with Crippen molar-refractivity contribution in [1.82, 2.24) is 9.97 Å². The van der Waals surface area contributed by atoms with Gasteiger partial charge in [0.05, 0.1) is 41.2 Å². The van der Waals surface area contributed by atoms with E-state index in [1.165, 1.54) is 11.3 Å². The average molecular weight is 442 g/mol. The van der Waals surface area contributed by atoms with Gasteiger partial charge in [-0.15, -0.1) is 0 Å². The van der Waals surface area contributed by atoms with Crippen LogP contribution in [0.4, 0.5) is 5.13 Å². The molecule has 0 aliphatic carbocycles. The molecule has 5 rings (SSSR count). The number of nitrogens with one attached hydrogen (secondary N) is 1. The molecule has 0 fully saturated rings. The molecule has 158 valence electrons. The van der Waals surface area contributed by atoms with E-state index < -0.39 is 0 Å².